The highest BCUT2D eigenvalue weighted by atomic mass is 16.4. The lowest BCUT2D eigenvalue weighted by atomic mass is 10.3. The highest BCUT2D eigenvalue weighted by Crippen LogP contribution is 2.06. The number of hydrogen-bond acceptors (Lipinski definition) is 4. The average molecular weight is 211 g/mol. The molecule has 0 aromatic carbocycles. The number of aromatic nitrogens is 2. The van der Waals surface area contributed by atoms with Gasteiger partial charge in [-0.2, -0.15) is 0 Å². The van der Waals surface area contributed by atoms with Crippen LogP contribution in [0.15, 0.2) is 11.0 Å². The molecule has 1 aromatic heterocycles. The second kappa shape index (κ2) is 4.36. The Morgan fingerprint density at radius 3 is 2.80 bits per heavy atom. The zero-order valence-corrected chi connectivity index (χ0v) is 7.90. The summed E-state index contributed by atoms with van der Waals surface area (Å²) < 4.78 is 0. The molecule has 3 N–H and O–H groups in total. The predicted octanol–water partition coefficient (Wildman–Crippen LogP) is -0.645. The maximum absolute atomic E-state index is 10.9. The van der Waals surface area contributed by atoms with Crippen LogP contribution in [0.5, 0.6) is 0 Å². The molecular weight excluding hydrogens is 202 g/mol. The fraction of sp³-hybridized carbons (Fsp3) is 0.250. The fourth-order valence-electron chi connectivity index (χ4n) is 0.985. The first-order valence-corrected chi connectivity index (χ1v) is 4.06. The summed E-state index contributed by atoms with van der Waals surface area (Å²) in [6.45, 7) is 1.25. The Labute approximate surface area is 84.2 Å². The van der Waals surface area contributed by atoms with Crippen molar-refractivity contribution in [2.75, 3.05) is 5.32 Å². The molecule has 80 valence electrons. The third-order valence-corrected chi connectivity index (χ3v) is 1.49. The van der Waals surface area contributed by atoms with Gasteiger partial charge in [-0.1, -0.05) is 0 Å². The Bertz CT molecular complexity index is 451. The molecule has 0 aliphatic heterocycles. The van der Waals surface area contributed by atoms with Gasteiger partial charge < -0.3 is 15.4 Å². The normalized spacial score (nSPS) is 9.67. The van der Waals surface area contributed by atoms with E-state index >= 15 is 0 Å². The molecule has 0 unspecified atom stereocenters. The predicted molar refractivity (Wildman–Crippen MR) is 50.5 cm³/mol. The molecule has 15 heavy (non-hydrogen) atoms. The van der Waals surface area contributed by atoms with Crippen molar-refractivity contribution in [3.05, 3.63) is 22.2 Å². The first-order chi connectivity index (χ1) is 6.99. The summed E-state index contributed by atoms with van der Waals surface area (Å²) in [5, 5.41) is 10.8. The smallest absolute Gasteiger partial charge is 0.309 e. The second-order valence-electron chi connectivity index (χ2n) is 2.82. The van der Waals surface area contributed by atoms with Crippen LogP contribution in [0.4, 0.5) is 5.82 Å². The number of amides is 1. The van der Waals surface area contributed by atoms with Crippen molar-refractivity contribution < 1.29 is 14.7 Å². The number of nitrogens with zero attached hydrogens (tertiary/aromatic N) is 1. The molecule has 0 bridgehead atoms. The third kappa shape index (κ3) is 3.22. The molecule has 0 aliphatic rings. The number of nitrogens with one attached hydrogen (secondary N) is 2. The number of anilines is 1. The van der Waals surface area contributed by atoms with Crippen LogP contribution in [0.25, 0.3) is 0 Å². The van der Waals surface area contributed by atoms with Crippen LogP contribution in [0.1, 0.15) is 12.6 Å². The molecule has 0 fully saturated rings. The van der Waals surface area contributed by atoms with Crippen LogP contribution >= 0.6 is 0 Å². The quantitative estimate of drug-likeness (QED) is 0.615. The van der Waals surface area contributed by atoms with Crippen LogP contribution in [0.2, 0.25) is 0 Å². The highest BCUT2D eigenvalue weighted by Gasteiger charge is 2.10. The Kier molecular flexibility index (Phi) is 3.17. The highest BCUT2D eigenvalue weighted by molar-refractivity contribution is 5.88. The van der Waals surface area contributed by atoms with Crippen molar-refractivity contribution in [1.29, 1.82) is 0 Å². The number of rotatable bonds is 3. The molecule has 0 saturated heterocycles. The molecule has 7 nitrogen and oxygen atoms in total. The average Bonchev–Trinajstić information content (AvgIpc) is 2.08. The number of hydrogen-bond donors (Lipinski definition) is 3. The van der Waals surface area contributed by atoms with Gasteiger partial charge in [-0.3, -0.25) is 19.4 Å². The summed E-state index contributed by atoms with van der Waals surface area (Å²) >= 11 is 0. The van der Waals surface area contributed by atoms with Gasteiger partial charge >= 0.3 is 5.97 Å². The Morgan fingerprint density at radius 2 is 2.27 bits per heavy atom. The van der Waals surface area contributed by atoms with Crippen LogP contribution in [-0.4, -0.2) is 27.0 Å². The van der Waals surface area contributed by atoms with Gasteiger partial charge in [-0.25, -0.2) is 0 Å². The minimum Gasteiger partial charge on any atom is -0.481 e. The molecule has 0 aliphatic carbocycles. The van der Waals surface area contributed by atoms with Gasteiger partial charge in [0.15, 0.2) is 0 Å². The summed E-state index contributed by atoms with van der Waals surface area (Å²) in [4.78, 5) is 38.0. The van der Waals surface area contributed by atoms with Gasteiger partial charge in [0.2, 0.25) is 5.91 Å². The molecule has 1 amide bonds. The summed E-state index contributed by atoms with van der Waals surface area (Å²) in [5.74, 6) is -1.48. The maximum atomic E-state index is 10.9. The lowest BCUT2D eigenvalue weighted by molar-refractivity contribution is -0.136. The molecule has 0 atom stereocenters. The van der Waals surface area contributed by atoms with E-state index in [0.29, 0.717) is 0 Å². The van der Waals surface area contributed by atoms with Gasteiger partial charge in [-0.15, -0.1) is 0 Å². The van der Waals surface area contributed by atoms with E-state index in [0.717, 1.165) is 6.20 Å². The van der Waals surface area contributed by atoms with Crippen molar-refractivity contribution in [1.82, 2.24) is 9.97 Å². The lowest BCUT2D eigenvalue weighted by Crippen LogP contribution is -2.18. The van der Waals surface area contributed by atoms with Crippen molar-refractivity contribution in [2.24, 2.45) is 0 Å². The van der Waals surface area contributed by atoms with Crippen LogP contribution in [-0.2, 0) is 16.0 Å². The molecule has 1 aromatic rings. The Balaban J connectivity index is 3.08. The topological polar surface area (TPSA) is 112 Å². The minimum absolute atomic E-state index is 0.0254. The van der Waals surface area contributed by atoms with E-state index in [-0.39, 0.29) is 17.9 Å². The van der Waals surface area contributed by atoms with E-state index in [1.807, 2.05) is 0 Å². The molecule has 1 rings (SSSR count). The van der Waals surface area contributed by atoms with Gasteiger partial charge in [0.05, 0.1) is 18.3 Å². The summed E-state index contributed by atoms with van der Waals surface area (Å²) in [5.41, 5.74) is -0.398. The van der Waals surface area contributed by atoms with Crippen molar-refractivity contribution in [3.8, 4) is 0 Å². The van der Waals surface area contributed by atoms with Crippen molar-refractivity contribution in [3.63, 3.8) is 0 Å². The lowest BCUT2D eigenvalue weighted by Gasteiger charge is -2.05. The second-order valence-corrected chi connectivity index (χ2v) is 2.82. The summed E-state index contributed by atoms with van der Waals surface area (Å²) in [7, 11) is 0. The van der Waals surface area contributed by atoms with E-state index < -0.39 is 17.4 Å². The number of aliphatic carboxylic acids is 1. The minimum atomic E-state index is -1.10. The molecule has 7 heteroatoms. The molecule has 0 spiro atoms. The first kappa shape index (κ1) is 10.9. The van der Waals surface area contributed by atoms with E-state index in [2.05, 4.69) is 15.3 Å². The van der Waals surface area contributed by atoms with Gasteiger partial charge in [0.25, 0.3) is 5.56 Å². The molecule has 0 saturated carbocycles. The van der Waals surface area contributed by atoms with E-state index in [4.69, 9.17) is 5.11 Å². The number of aromatic amines is 1. The van der Waals surface area contributed by atoms with Gasteiger partial charge in [0.1, 0.15) is 5.82 Å². The summed E-state index contributed by atoms with van der Waals surface area (Å²) in [6.07, 6.45) is 0.593. The standard InChI is InChI=1S/C8H9N3O4/c1-4(12)10-8-5(2-7(14)15)9-3-6(13)11-8/h3H,2H2,1H3,(H,14,15)(H2,10,11,12,13). The van der Waals surface area contributed by atoms with Crippen molar-refractivity contribution in [2.45, 2.75) is 13.3 Å². The molecular formula is C8H9N3O4. The van der Waals surface area contributed by atoms with Crippen LogP contribution in [0.3, 0.4) is 0 Å². The van der Waals surface area contributed by atoms with E-state index in [9.17, 15) is 14.4 Å². The first-order valence-electron chi connectivity index (χ1n) is 4.06. The number of carbonyl (C=O) groups is 2. The van der Waals surface area contributed by atoms with Gasteiger partial charge in [-0.05, 0) is 0 Å². The Hall–Kier alpha value is -2.18. The number of carboxylic acids is 1. The SMILES string of the molecule is CC(=O)Nc1[nH]c(=O)cnc1CC(=O)O. The molecule has 1 heterocycles. The Morgan fingerprint density at radius 1 is 1.60 bits per heavy atom. The fourth-order valence-corrected chi connectivity index (χ4v) is 0.985. The molecule has 0 radical (unpaired) electrons. The third-order valence-electron chi connectivity index (χ3n) is 1.49. The number of carbonyl (C=O) groups excluding carboxylic acids is 1. The van der Waals surface area contributed by atoms with Crippen LogP contribution < -0.4 is 10.9 Å². The van der Waals surface area contributed by atoms with Crippen LogP contribution in [0, 0.1) is 0 Å². The zero-order chi connectivity index (χ0) is 11.4. The van der Waals surface area contributed by atoms with E-state index in [1.54, 1.807) is 0 Å². The summed E-state index contributed by atoms with van der Waals surface area (Å²) in [6, 6.07) is 0. The number of carboxylic acid groups (broad SMARTS) is 1. The maximum Gasteiger partial charge on any atom is 0.309 e. The van der Waals surface area contributed by atoms with Crippen molar-refractivity contribution >= 4 is 17.7 Å². The van der Waals surface area contributed by atoms with E-state index in [1.165, 1.54) is 6.92 Å². The zero-order valence-electron chi connectivity index (χ0n) is 7.90. The van der Waals surface area contributed by atoms with Gasteiger partial charge in [0, 0.05) is 6.92 Å². The number of H-pyrrole nitrogens is 1. The monoisotopic (exact) mass is 211 g/mol. The largest absolute Gasteiger partial charge is 0.481 e.